The Morgan fingerprint density at radius 2 is 0.847 bits per heavy atom. The summed E-state index contributed by atoms with van der Waals surface area (Å²) in [6.45, 7) is 4.90. The molecule has 0 aromatic heterocycles. The van der Waals surface area contributed by atoms with Gasteiger partial charge in [0.15, 0.2) is 0 Å². The highest BCUT2D eigenvalue weighted by molar-refractivity contribution is 5.76. The highest BCUT2D eigenvalue weighted by Gasteiger charge is 2.20. The van der Waals surface area contributed by atoms with E-state index in [1.54, 1.807) is 0 Å². The van der Waals surface area contributed by atoms with E-state index in [4.69, 9.17) is 4.74 Å². The Labute approximate surface area is 367 Å². The van der Waals surface area contributed by atoms with Gasteiger partial charge in [0.1, 0.15) is 0 Å². The Kier molecular flexibility index (Phi) is 47.6. The van der Waals surface area contributed by atoms with Gasteiger partial charge < -0.3 is 20.3 Å². The number of esters is 1. The van der Waals surface area contributed by atoms with E-state index < -0.39 is 12.1 Å². The molecule has 0 aliphatic heterocycles. The van der Waals surface area contributed by atoms with Gasteiger partial charge in [-0.15, -0.1) is 0 Å². The van der Waals surface area contributed by atoms with E-state index in [2.05, 4.69) is 43.5 Å². The number of aliphatic hydroxyl groups is 2. The molecule has 0 bridgehead atoms. The normalized spacial score (nSPS) is 12.8. The van der Waals surface area contributed by atoms with Gasteiger partial charge in [-0.3, -0.25) is 9.59 Å². The summed E-state index contributed by atoms with van der Waals surface area (Å²) < 4.78 is 5.44. The lowest BCUT2D eigenvalue weighted by Crippen LogP contribution is -2.45. The molecule has 2 unspecified atom stereocenters. The molecule has 0 aliphatic rings. The molecule has 0 saturated carbocycles. The van der Waals surface area contributed by atoms with Gasteiger partial charge in [0, 0.05) is 12.8 Å². The summed E-state index contributed by atoms with van der Waals surface area (Å²) in [5.41, 5.74) is 0. The maximum absolute atomic E-state index is 12.4. The van der Waals surface area contributed by atoms with Crippen LogP contribution in [0.2, 0.25) is 0 Å². The van der Waals surface area contributed by atoms with Crippen molar-refractivity contribution >= 4 is 11.9 Å². The van der Waals surface area contributed by atoms with E-state index in [-0.39, 0.29) is 18.5 Å². The highest BCUT2D eigenvalue weighted by Crippen LogP contribution is 2.16. The Morgan fingerprint density at radius 1 is 0.475 bits per heavy atom. The number of hydrogen-bond acceptors (Lipinski definition) is 5. The molecule has 0 rings (SSSR count). The van der Waals surface area contributed by atoms with Gasteiger partial charge >= 0.3 is 5.97 Å². The summed E-state index contributed by atoms with van der Waals surface area (Å²) in [5.74, 6) is -0.0659. The van der Waals surface area contributed by atoms with Crippen molar-refractivity contribution in [2.45, 2.75) is 289 Å². The molecule has 59 heavy (non-hydrogen) atoms. The molecule has 0 fully saturated rings. The lowest BCUT2D eigenvalue weighted by molar-refractivity contribution is -0.143. The van der Waals surface area contributed by atoms with Gasteiger partial charge in [-0.25, -0.2) is 0 Å². The molecule has 0 radical (unpaired) electrons. The maximum Gasteiger partial charge on any atom is 0.305 e. The van der Waals surface area contributed by atoms with Gasteiger partial charge in [-0.1, -0.05) is 224 Å². The van der Waals surface area contributed by atoms with Crippen molar-refractivity contribution in [3.63, 3.8) is 0 Å². The van der Waals surface area contributed by atoms with Crippen molar-refractivity contribution < 1.29 is 24.5 Å². The topological polar surface area (TPSA) is 95.9 Å². The van der Waals surface area contributed by atoms with E-state index >= 15 is 0 Å². The first kappa shape index (κ1) is 57.3. The highest BCUT2D eigenvalue weighted by atomic mass is 16.5. The lowest BCUT2D eigenvalue weighted by Gasteiger charge is -2.22. The Bertz CT molecular complexity index is 920. The van der Waals surface area contributed by atoms with Crippen LogP contribution in [0.25, 0.3) is 0 Å². The second-order valence-electron chi connectivity index (χ2n) is 17.9. The van der Waals surface area contributed by atoms with E-state index in [0.29, 0.717) is 25.9 Å². The number of ether oxygens (including phenoxy) is 1. The van der Waals surface area contributed by atoms with Crippen molar-refractivity contribution in [2.75, 3.05) is 13.2 Å². The SMILES string of the molecule is CCCCCCCCCCCCCCCC(=O)OCCCCC/C=C\C/C=C\CCCCCCCCCC(=O)NC(CO)C(O)CCCCCCCCCCCCCC. The first-order valence-electron chi connectivity index (χ1n) is 26.1. The third-order valence-corrected chi connectivity index (χ3v) is 12.0. The van der Waals surface area contributed by atoms with Crippen LogP contribution in [-0.4, -0.2) is 47.4 Å². The van der Waals surface area contributed by atoms with Gasteiger partial charge in [0.2, 0.25) is 5.91 Å². The standard InChI is InChI=1S/C53H101NO5/c1-3-5-7-9-11-13-15-22-27-31-35-39-43-47-53(58)59-48-44-40-36-32-28-24-21-19-17-18-20-23-26-30-34-38-42-46-52(57)54-50(49-55)51(56)45-41-37-33-29-25-16-14-12-10-8-6-4-2/h17,19,24,28,50-51,55-56H,3-16,18,20-23,25-27,29-49H2,1-2H3,(H,54,57)/b19-17-,28-24-. The van der Waals surface area contributed by atoms with Crippen LogP contribution in [0.15, 0.2) is 24.3 Å². The number of aliphatic hydroxyl groups excluding tert-OH is 2. The predicted octanol–water partition coefficient (Wildman–Crippen LogP) is 15.5. The molecule has 6 nitrogen and oxygen atoms in total. The van der Waals surface area contributed by atoms with Gasteiger partial charge in [0.25, 0.3) is 0 Å². The van der Waals surface area contributed by atoms with Crippen LogP contribution in [-0.2, 0) is 14.3 Å². The summed E-state index contributed by atoms with van der Waals surface area (Å²) >= 11 is 0. The van der Waals surface area contributed by atoms with Gasteiger partial charge in [-0.2, -0.15) is 0 Å². The number of carbonyl (C=O) groups excluding carboxylic acids is 2. The van der Waals surface area contributed by atoms with Crippen molar-refractivity contribution in [1.82, 2.24) is 5.32 Å². The summed E-state index contributed by atoms with van der Waals surface area (Å²) in [6.07, 6.45) is 57.2. The van der Waals surface area contributed by atoms with Crippen molar-refractivity contribution in [3.8, 4) is 0 Å². The van der Waals surface area contributed by atoms with E-state index in [9.17, 15) is 19.8 Å². The molecule has 3 N–H and O–H groups in total. The van der Waals surface area contributed by atoms with Crippen molar-refractivity contribution in [3.05, 3.63) is 24.3 Å². The smallest absolute Gasteiger partial charge is 0.305 e. The van der Waals surface area contributed by atoms with Crippen LogP contribution in [0.3, 0.4) is 0 Å². The average Bonchev–Trinajstić information content (AvgIpc) is 3.24. The number of allylic oxidation sites excluding steroid dienone is 4. The third-order valence-electron chi connectivity index (χ3n) is 12.0. The Hall–Kier alpha value is -1.66. The minimum atomic E-state index is -0.673. The van der Waals surface area contributed by atoms with Gasteiger partial charge in [-0.05, 0) is 64.2 Å². The molecule has 0 aromatic rings. The molecule has 348 valence electrons. The molecule has 0 spiro atoms. The molecule has 2 atom stereocenters. The second kappa shape index (κ2) is 49.0. The van der Waals surface area contributed by atoms with Crippen LogP contribution in [0, 0.1) is 0 Å². The predicted molar refractivity (Wildman–Crippen MR) is 255 cm³/mol. The number of hydrogen-bond donors (Lipinski definition) is 3. The van der Waals surface area contributed by atoms with E-state index in [1.807, 2.05) is 0 Å². The zero-order valence-electron chi connectivity index (χ0n) is 39.5. The van der Waals surface area contributed by atoms with Crippen LogP contribution < -0.4 is 5.32 Å². The molecule has 6 heteroatoms. The summed E-state index contributed by atoms with van der Waals surface area (Å²) in [7, 11) is 0. The van der Waals surface area contributed by atoms with Crippen LogP contribution >= 0.6 is 0 Å². The Morgan fingerprint density at radius 3 is 1.29 bits per heavy atom. The minimum Gasteiger partial charge on any atom is -0.466 e. The number of nitrogens with one attached hydrogen (secondary N) is 1. The van der Waals surface area contributed by atoms with Crippen molar-refractivity contribution in [2.24, 2.45) is 0 Å². The molecule has 0 aliphatic carbocycles. The molecule has 0 heterocycles. The largest absolute Gasteiger partial charge is 0.466 e. The molecule has 1 amide bonds. The number of unbranched alkanes of at least 4 members (excludes halogenated alkanes) is 33. The lowest BCUT2D eigenvalue weighted by atomic mass is 10.0. The number of amides is 1. The fraction of sp³-hybridized carbons (Fsp3) is 0.887. The third kappa shape index (κ3) is 45.7. The number of rotatable bonds is 48. The molecular weight excluding hydrogens is 731 g/mol. The fourth-order valence-electron chi connectivity index (χ4n) is 7.96. The van der Waals surface area contributed by atoms with E-state index in [0.717, 1.165) is 83.5 Å². The maximum atomic E-state index is 12.4. The monoisotopic (exact) mass is 832 g/mol. The molecule has 0 saturated heterocycles. The molecule has 0 aromatic carbocycles. The summed E-state index contributed by atoms with van der Waals surface area (Å²) in [5, 5.41) is 23.1. The van der Waals surface area contributed by atoms with Crippen molar-refractivity contribution in [1.29, 1.82) is 0 Å². The summed E-state index contributed by atoms with van der Waals surface area (Å²) in [6, 6.07) is -0.552. The van der Waals surface area contributed by atoms with E-state index in [1.165, 1.54) is 161 Å². The second-order valence-corrected chi connectivity index (χ2v) is 17.9. The van der Waals surface area contributed by atoms with Crippen LogP contribution in [0.5, 0.6) is 0 Å². The molecular formula is C53H101NO5. The van der Waals surface area contributed by atoms with Crippen LogP contribution in [0.4, 0.5) is 0 Å². The average molecular weight is 832 g/mol. The quantitative estimate of drug-likeness (QED) is 0.0322. The van der Waals surface area contributed by atoms with Gasteiger partial charge in [0.05, 0.1) is 25.4 Å². The first-order valence-corrected chi connectivity index (χ1v) is 26.1. The summed E-state index contributed by atoms with van der Waals surface area (Å²) in [4.78, 5) is 24.4. The fourth-order valence-corrected chi connectivity index (χ4v) is 7.96. The zero-order chi connectivity index (χ0) is 43.0. The Balaban J connectivity index is 3.49. The first-order chi connectivity index (χ1) is 29.0. The minimum absolute atomic E-state index is 0.0142. The van der Waals surface area contributed by atoms with Crippen LogP contribution in [0.1, 0.15) is 277 Å². The zero-order valence-corrected chi connectivity index (χ0v) is 39.5. The number of carbonyl (C=O) groups is 2.